The van der Waals surface area contributed by atoms with Gasteiger partial charge in [0.1, 0.15) is 6.04 Å². The predicted octanol–water partition coefficient (Wildman–Crippen LogP) is 0.428. The van der Waals surface area contributed by atoms with Crippen molar-refractivity contribution in [2.45, 2.75) is 32.2 Å². The van der Waals surface area contributed by atoms with E-state index < -0.39 is 23.9 Å². The number of aryl methyl sites for hydroxylation is 1. The Morgan fingerprint density at radius 3 is 2.58 bits per heavy atom. The Hall–Kier alpha value is -1.96. The number of carboxylic acid groups (broad SMARTS) is 2. The van der Waals surface area contributed by atoms with Gasteiger partial charge in [0, 0.05) is 11.8 Å². The van der Waals surface area contributed by atoms with E-state index in [4.69, 9.17) is 10.2 Å². The van der Waals surface area contributed by atoms with Gasteiger partial charge in [-0.15, -0.1) is 11.3 Å². The van der Waals surface area contributed by atoms with Gasteiger partial charge < -0.3 is 15.5 Å². The zero-order valence-electron chi connectivity index (χ0n) is 10.3. The molecular formula is C11H14N2O5S. The summed E-state index contributed by atoms with van der Waals surface area (Å²) in [5, 5.41) is 22.2. The molecule has 1 rings (SSSR count). The van der Waals surface area contributed by atoms with E-state index in [1.54, 1.807) is 12.3 Å². The van der Waals surface area contributed by atoms with Crippen LogP contribution >= 0.6 is 11.3 Å². The third-order valence-corrected chi connectivity index (χ3v) is 3.11. The molecule has 0 aliphatic heterocycles. The van der Waals surface area contributed by atoms with E-state index in [0.29, 0.717) is 5.69 Å². The van der Waals surface area contributed by atoms with Gasteiger partial charge in [0.25, 0.3) is 0 Å². The third-order valence-electron chi connectivity index (χ3n) is 2.29. The average molecular weight is 286 g/mol. The second kappa shape index (κ2) is 6.83. The molecule has 8 heteroatoms. The number of nitrogens with one attached hydrogen (secondary N) is 1. The van der Waals surface area contributed by atoms with Crippen molar-refractivity contribution in [3.05, 3.63) is 16.1 Å². The van der Waals surface area contributed by atoms with Gasteiger partial charge in [-0.1, -0.05) is 0 Å². The number of nitrogens with zero attached hydrogens (tertiary/aromatic N) is 1. The lowest BCUT2D eigenvalue weighted by atomic mass is 10.1. The van der Waals surface area contributed by atoms with Crippen molar-refractivity contribution in [3.63, 3.8) is 0 Å². The van der Waals surface area contributed by atoms with Crippen LogP contribution in [0.1, 0.15) is 23.5 Å². The monoisotopic (exact) mass is 286 g/mol. The molecule has 0 spiro atoms. The summed E-state index contributed by atoms with van der Waals surface area (Å²) in [5.41, 5.74) is 0.572. The van der Waals surface area contributed by atoms with Crippen LogP contribution in [0, 0.1) is 6.92 Å². The highest BCUT2D eigenvalue weighted by molar-refractivity contribution is 7.09. The largest absolute Gasteiger partial charge is 0.481 e. The molecule has 19 heavy (non-hydrogen) atoms. The number of thiazole rings is 1. The summed E-state index contributed by atoms with van der Waals surface area (Å²) in [6.45, 7) is 1.80. The van der Waals surface area contributed by atoms with E-state index in [9.17, 15) is 14.4 Å². The number of hydrogen-bond acceptors (Lipinski definition) is 5. The van der Waals surface area contributed by atoms with Crippen LogP contribution in [0.2, 0.25) is 0 Å². The van der Waals surface area contributed by atoms with Crippen LogP contribution < -0.4 is 5.32 Å². The van der Waals surface area contributed by atoms with Gasteiger partial charge in [-0.3, -0.25) is 9.59 Å². The first-order chi connectivity index (χ1) is 8.88. The third kappa shape index (κ3) is 5.47. The fraction of sp³-hybridized carbons (Fsp3) is 0.455. The van der Waals surface area contributed by atoms with Gasteiger partial charge in [-0.25, -0.2) is 9.78 Å². The number of aromatic nitrogens is 1. The van der Waals surface area contributed by atoms with E-state index in [0.717, 1.165) is 5.01 Å². The van der Waals surface area contributed by atoms with Crippen molar-refractivity contribution in [3.8, 4) is 0 Å². The molecule has 1 heterocycles. The van der Waals surface area contributed by atoms with Crippen LogP contribution in [0.3, 0.4) is 0 Å². The van der Waals surface area contributed by atoms with E-state index in [1.165, 1.54) is 11.3 Å². The Kier molecular flexibility index (Phi) is 5.43. The van der Waals surface area contributed by atoms with Gasteiger partial charge in [0.2, 0.25) is 5.91 Å². The summed E-state index contributed by atoms with van der Waals surface area (Å²) in [6.07, 6.45) is -0.471. The summed E-state index contributed by atoms with van der Waals surface area (Å²) in [4.78, 5) is 37.0. The fourth-order valence-corrected chi connectivity index (χ4v) is 2.04. The molecule has 1 unspecified atom stereocenters. The lowest BCUT2D eigenvalue weighted by Gasteiger charge is -2.12. The maximum atomic E-state index is 11.6. The molecule has 1 amide bonds. The number of rotatable bonds is 7. The average Bonchev–Trinajstić information content (AvgIpc) is 2.69. The second-order valence-electron chi connectivity index (χ2n) is 3.93. The number of carbonyl (C=O) groups is 3. The molecule has 0 saturated carbocycles. The molecule has 104 valence electrons. The Morgan fingerprint density at radius 1 is 1.42 bits per heavy atom. The number of amides is 1. The van der Waals surface area contributed by atoms with Gasteiger partial charge >= 0.3 is 11.9 Å². The topological polar surface area (TPSA) is 117 Å². The standard InChI is InChI=1S/C11H14N2O5S/c1-6-12-7(5-19-6)4-9(14)13-8(11(17)18)2-3-10(15)16/h5,8H,2-4H2,1H3,(H,13,14)(H,15,16)(H,17,18). The molecule has 1 atom stereocenters. The maximum absolute atomic E-state index is 11.6. The Morgan fingerprint density at radius 2 is 2.11 bits per heavy atom. The number of hydrogen-bond donors (Lipinski definition) is 3. The first-order valence-electron chi connectivity index (χ1n) is 5.53. The van der Waals surface area contributed by atoms with Gasteiger partial charge in [0.05, 0.1) is 17.1 Å². The highest BCUT2D eigenvalue weighted by Crippen LogP contribution is 2.08. The van der Waals surface area contributed by atoms with Gasteiger partial charge in [0.15, 0.2) is 0 Å². The van der Waals surface area contributed by atoms with Crippen molar-refractivity contribution in [2.24, 2.45) is 0 Å². The van der Waals surface area contributed by atoms with Crippen LogP contribution in [0.15, 0.2) is 5.38 Å². The fourth-order valence-electron chi connectivity index (χ4n) is 1.42. The number of aliphatic carboxylic acids is 2. The lowest BCUT2D eigenvalue weighted by molar-refractivity contribution is -0.143. The Balaban J connectivity index is 2.51. The van der Waals surface area contributed by atoms with Crippen LogP contribution in [0.4, 0.5) is 0 Å². The Labute approximate surface area is 113 Å². The van der Waals surface area contributed by atoms with E-state index >= 15 is 0 Å². The van der Waals surface area contributed by atoms with Crippen LogP contribution in [-0.2, 0) is 20.8 Å². The molecule has 1 aromatic heterocycles. The van der Waals surface area contributed by atoms with E-state index in [-0.39, 0.29) is 19.3 Å². The lowest BCUT2D eigenvalue weighted by Crippen LogP contribution is -2.41. The summed E-state index contributed by atoms with van der Waals surface area (Å²) >= 11 is 1.40. The minimum atomic E-state index is -1.25. The van der Waals surface area contributed by atoms with E-state index in [1.807, 2.05) is 0 Å². The van der Waals surface area contributed by atoms with E-state index in [2.05, 4.69) is 10.3 Å². The van der Waals surface area contributed by atoms with Crippen molar-refractivity contribution in [2.75, 3.05) is 0 Å². The van der Waals surface area contributed by atoms with Gasteiger partial charge in [-0.2, -0.15) is 0 Å². The Bertz CT molecular complexity index is 485. The second-order valence-corrected chi connectivity index (χ2v) is 4.99. The molecule has 0 aromatic carbocycles. The van der Waals surface area contributed by atoms with Crippen LogP contribution in [0.5, 0.6) is 0 Å². The zero-order valence-corrected chi connectivity index (χ0v) is 11.1. The minimum Gasteiger partial charge on any atom is -0.481 e. The summed E-state index contributed by atoms with van der Waals surface area (Å²) in [7, 11) is 0. The zero-order chi connectivity index (χ0) is 14.4. The van der Waals surface area contributed by atoms with Crippen molar-refractivity contribution < 1.29 is 24.6 Å². The first-order valence-corrected chi connectivity index (χ1v) is 6.41. The molecule has 0 aliphatic carbocycles. The highest BCUT2D eigenvalue weighted by Gasteiger charge is 2.21. The van der Waals surface area contributed by atoms with Crippen LogP contribution in [0.25, 0.3) is 0 Å². The quantitative estimate of drug-likeness (QED) is 0.669. The molecule has 1 aromatic rings. The molecule has 0 fully saturated rings. The molecule has 0 radical (unpaired) electrons. The number of carboxylic acids is 2. The molecule has 7 nitrogen and oxygen atoms in total. The summed E-state index contributed by atoms with van der Waals surface area (Å²) in [6, 6.07) is -1.19. The smallest absolute Gasteiger partial charge is 0.326 e. The SMILES string of the molecule is Cc1nc(CC(=O)NC(CCC(=O)O)C(=O)O)cs1. The predicted molar refractivity (Wildman–Crippen MR) is 67.0 cm³/mol. The number of carbonyl (C=O) groups excluding carboxylic acids is 1. The molecular weight excluding hydrogens is 272 g/mol. The molecule has 0 aliphatic rings. The summed E-state index contributed by atoms with van der Waals surface area (Å²) in [5.74, 6) is -2.83. The van der Waals surface area contributed by atoms with Crippen molar-refractivity contribution >= 4 is 29.2 Å². The highest BCUT2D eigenvalue weighted by atomic mass is 32.1. The molecule has 0 saturated heterocycles. The first kappa shape index (κ1) is 15.1. The maximum Gasteiger partial charge on any atom is 0.326 e. The van der Waals surface area contributed by atoms with Crippen molar-refractivity contribution in [1.29, 1.82) is 0 Å². The molecule has 3 N–H and O–H groups in total. The van der Waals surface area contributed by atoms with Crippen molar-refractivity contribution in [1.82, 2.24) is 10.3 Å². The molecule has 0 bridgehead atoms. The summed E-state index contributed by atoms with van der Waals surface area (Å²) < 4.78 is 0. The van der Waals surface area contributed by atoms with Gasteiger partial charge in [-0.05, 0) is 13.3 Å². The minimum absolute atomic E-state index is 0.0127. The van der Waals surface area contributed by atoms with Crippen LogP contribution in [-0.4, -0.2) is 39.1 Å². The normalized spacial score (nSPS) is 11.8.